The van der Waals surface area contributed by atoms with Crippen LogP contribution in [0, 0.1) is 11.8 Å². The molecule has 2 nitrogen and oxygen atoms in total. The molecule has 0 aromatic heterocycles. The Kier molecular flexibility index (Phi) is 5.70. The third kappa shape index (κ3) is 3.73. The fourth-order valence-electron chi connectivity index (χ4n) is 3.41. The van der Waals surface area contributed by atoms with Crippen LogP contribution in [-0.2, 0) is 16.0 Å². The zero-order valence-corrected chi connectivity index (χ0v) is 13.9. The first-order valence-corrected chi connectivity index (χ1v) is 8.37. The number of carbonyl (C=O) groups excluding carboxylic acids is 2. The van der Waals surface area contributed by atoms with Gasteiger partial charge in [0.25, 0.3) is 0 Å². The van der Waals surface area contributed by atoms with E-state index in [9.17, 15) is 9.59 Å². The second kappa shape index (κ2) is 7.53. The number of hydrogen-bond donors (Lipinski definition) is 0. The minimum absolute atomic E-state index is 0.0404. The molecule has 22 heavy (non-hydrogen) atoms. The Morgan fingerprint density at radius 1 is 1.14 bits per heavy atom. The molecule has 2 rings (SSSR count). The molecule has 0 spiro atoms. The average molecular weight is 298 g/mol. The van der Waals surface area contributed by atoms with Crippen LogP contribution in [0.3, 0.4) is 0 Å². The predicted molar refractivity (Wildman–Crippen MR) is 89.7 cm³/mol. The zero-order chi connectivity index (χ0) is 16.1. The van der Waals surface area contributed by atoms with Crippen molar-refractivity contribution < 1.29 is 9.59 Å². The van der Waals surface area contributed by atoms with Crippen molar-refractivity contribution in [2.24, 2.45) is 11.8 Å². The lowest BCUT2D eigenvalue weighted by Gasteiger charge is -2.29. The molecule has 1 unspecified atom stereocenters. The zero-order valence-electron chi connectivity index (χ0n) is 13.9. The van der Waals surface area contributed by atoms with Crippen LogP contribution in [-0.4, -0.2) is 11.6 Å². The summed E-state index contributed by atoms with van der Waals surface area (Å²) >= 11 is 0. The summed E-state index contributed by atoms with van der Waals surface area (Å²) in [5.41, 5.74) is 3.17. The van der Waals surface area contributed by atoms with Crippen LogP contribution >= 0.6 is 0 Å². The molecule has 0 radical (unpaired) electrons. The van der Waals surface area contributed by atoms with Gasteiger partial charge in [-0.1, -0.05) is 63.9 Å². The molecule has 1 atom stereocenters. The molecule has 1 aromatic rings. The van der Waals surface area contributed by atoms with E-state index < -0.39 is 0 Å². The van der Waals surface area contributed by atoms with Crippen molar-refractivity contribution in [1.82, 2.24) is 0 Å². The summed E-state index contributed by atoms with van der Waals surface area (Å²) < 4.78 is 0. The van der Waals surface area contributed by atoms with Gasteiger partial charge in [-0.25, -0.2) is 0 Å². The topological polar surface area (TPSA) is 34.1 Å². The number of rotatable bonds is 6. The third-order valence-electron chi connectivity index (χ3n) is 4.45. The quantitative estimate of drug-likeness (QED) is 0.723. The summed E-state index contributed by atoms with van der Waals surface area (Å²) in [6, 6.07) is 10.2. The van der Waals surface area contributed by atoms with Crippen LogP contribution in [0.25, 0.3) is 0 Å². The maximum Gasteiger partial charge on any atom is 0.166 e. The van der Waals surface area contributed by atoms with Gasteiger partial charge in [-0.2, -0.15) is 0 Å². The molecule has 1 aromatic carbocycles. The molecule has 1 aliphatic rings. The fraction of sp³-hybridized carbons (Fsp3) is 0.500. The van der Waals surface area contributed by atoms with Crippen molar-refractivity contribution in [3.63, 3.8) is 0 Å². The molecule has 0 heterocycles. The summed E-state index contributed by atoms with van der Waals surface area (Å²) in [5.74, 6) is 0.283. The second-order valence-corrected chi connectivity index (χ2v) is 6.52. The average Bonchev–Trinajstić information content (AvgIpc) is 2.47. The molecule has 1 aliphatic carbocycles. The van der Waals surface area contributed by atoms with Crippen LogP contribution in [0.1, 0.15) is 52.0 Å². The first-order chi connectivity index (χ1) is 10.5. The first kappa shape index (κ1) is 16.7. The largest absolute Gasteiger partial charge is 0.299 e. The molecule has 0 fully saturated rings. The molecular weight excluding hydrogens is 272 g/mol. The van der Waals surface area contributed by atoms with Crippen molar-refractivity contribution in [1.29, 1.82) is 0 Å². The van der Waals surface area contributed by atoms with Gasteiger partial charge in [0.2, 0.25) is 0 Å². The van der Waals surface area contributed by atoms with Gasteiger partial charge in [0, 0.05) is 5.92 Å². The molecule has 2 heteroatoms. The monoisotopic (exact) mass is 298 g/mol. The molecule has 0 aliphatic heterocycles. The molecule has 0 saturated heterocycles. The van der Waals surface area contributed by atoms with Gasteiger partial charge in [-0.15, -0.1) is 0 Å². The van der Waals surface area contributed by atoms with Gasteiger partial charge in [0.1, 0.15) is 5.78 Å². The maximum absolute atomic E-state index is 12.4. The number of unbranched alkanes of at least 4 members (excludes halogenated alkanes) is 1. The standard InChI is InChI=1S/C20H26O2/c1-4-5-11-16-17(12-15-9-7-6-8-10-15)20(14(2)3)19(22)13-18(16)21/h6-10,14,16H,4-5,11-13H2,1-3H3. The number of allylic oxidation sites excluding steroid dienone is 2. The SMILES string of the molecule is CCCCC1C(=O)CC(=O)C(C(C)C)=C1Cc1ccccc1. The van der Waals surface area contributed by atoms with Crippen molar-refractivity contribution in [2.75, 3.05) is 0 Å². The highest BCUT2D eigenvalue weighted by atomic mass is 16.1. The minimum atomic E-state index is -0.0599. The molecule has 0 saturated carbocycles. The highest BCUT2D eigenvalue weighted by Crippen LogP contribution is 2.35. The minimum Gasteiger partial charge on any atom is -0.299 e. The predicted octanol–water partition coefficient (Wildman–Crippen LogP) is 4.53. The van der Waals surface area contributed by atoms with Gasteiger partial charge in [-0.05, 0) is 35.5 Å². The Labute approximate surface area is 133 Å². The van der Waals surface area contributed by atoms with E-state index in [1.807, 2.05) is 18.2 Å². The first-order valence-electron chi connectivity index (χ1n) is 8.37. The number of benzene rings is 1. The van der Waals surface area contributed by atoms with Gasteiger partial charge >= 0.3 is 0 Å². The number of ketones is 2. The Balaban J connectivity index is 2.42. The Hall–Kier alpha value is -1.70. The Morgan fingerprint density at radius 3 is 2.41 bits per heavy atom. The molecule has 0 N–H and O–H groups in total. The molecule has 0 amide bonds. The summed E-state index contributed by atoms with van der Waals surface area (Å²) in [7, 11) is 0. The van der Waals surface area contributed by atoms with Gasteiger partial charge < -0.3 is 0 Å². The lowest BCUT2D eigenvalue weighted by molar-refractivity contribution is -0.128. The third-order valence-corrected chi connectivity index (χ3v) is 4.45. The van der Waals surface area contributed by atoms with E-state index in [0.29, 0.717) is 0 Å². The number of carbonyl (C=O) groups is 2. The normalized spacial score (nSPS) is 19.2. The van der Waals surface area contributed by atoms with E-state index in [1.165, 1.54) is 5.56 Å². The molecular formula is C20H26O2. The Bertz CT molecular complexity index is 567. The smallest absolute Gasteiger partial charge is 0.166 e. The number of Topliss-reactive ketones (excluding diaryl/α,β-unsaturated/α-hetero) is 2. The van der Waals surface area contributed by atoms with E-state index in [1.54, 1.807) is 0 Å². The van der Waals surface area contributed by atoms with Gasteiger partial charge in [-0.3, -0.25) is 9.59 Å². The molecule has 0 bridgehead atoms. The van der Waals surface area contributed by atoms with Crippen molar-refractivity contribution in [3.8, 4) is 0 Å². The summed E-state index contributed by atoms with van der Waals surface area (Å²) in [6.07, 6.45) is 3.81. The van der Waals surface area contributed by atoms with Crippen molar-refractivity contribution in [2.45, 2.75) is 52.9 Å². The lowest BCUT2D eigenvalue weighted by Crippen LogP contribution is -2.31. The molecule has 118 valence electrons. The van der Waals surface area contributed by atoms with Crippen LogP contribution in [0.5, 0.6) is 0 Å². The highest BCUT2D eigenvalue weighted by molar-refractivity contribution is 6.12. The highest BCUT2D eigenvalue weighted by Gasteiger charge is 2.35. The van der Waals surface area contributed by atoms with Crippen LogP contribution in [0.2, 0.25) is 0 Å². The van der Waals surface area contributed by atoms with Gasteiger partial charge in [0.05, 0.1) is 6.42 Å². The maximum atomic E-state index is 12.4. The van der Waals surface area contributed by atoms with Crippen LogP contribution < -0.4 is 0 Å². The van der Waals surface area contributed by atoms with E-state index in [0.717, 1.165) is 36.8 Å². The number of hydrogen-bond acceptors (Lipinski definition) is 2. The van der Waals surface area contributed by atoms with Gasteiger partial charge in [0.15, 0.2) is 5.78 Å². The van der Waals surface area contributed by atoms with Crippen LogP contribution in [0.15, 0.2) is 41.5 Å². The van der Waals surface area contributed by atoms with E-state index in [-0.39, 0.29) is 29.8 Å². The summed E-state index contributed by atoms with van der Waals surface area (Å²) in [5, 5.41) is 0. The fourth-order valence-corrected chi connectivity index (χ4v) is 3.41. The Morgan fingerprint density at radius 2 is 1.82 bits per heavy atom. The van der Waals surface area contributed by atoms with Crippen molar-refractivity contribution >= 4 is 11.6 Å². The lowest BCUT2D eigenvalue weighted by atomic mass is 9.73. The van der Waals surface area contributed by atoms with E-state index in [2.05, 4.69) is 32.9 Å². The van der Waals surface area contributed by atoms with Crippen molar-refractivity contribution in [3.05, 3.63) is 47.0 Å². The second-order valence-electron chi connectivity index (χ2n) is 6.52. The van der Waals surface area contributed by atoms with E-state index in [4.69, 9.17) is 0 Å². The summed E-state index contributed by atoms with van der Waals surface area (Å²) in [4.78, 5) is 24.8. The summed E-state index contributed by atoms with van der Waals surface area (Å²) in [6.45, 7) is 6.26. The van der Waals surface area contributed by atoms with Crippen LogP contribution in [0.4, 0.5) is 0 Å². The van der Waals surface area contributed by atoms with E-state index >= 15 is 0 Å².